The van der Waals surface area contributed by atoms with Gasteiger partial charge < -0.3 is 24.7 Å². The van der Waals surface area contributed by atoms with Gasteiger partial charge in [-0.15, -0.1) is 0 Å². The largest absolute Gasteiger partial charge is 0.507 e. The molecule has 0 aliphatic rings. The second-order valence-electron chi connectivity index (χ2n) is 8.95. The van der Waals surface area contributed by atoms with Gasteiger partial charge in [0.25, 0.3) is 5.91 Å². The first-order chi connectivity index (χ1) is 18.2. The molecule has 38 heavy (non-hydrogen) atoms. The van der Waals surface area contributed by atoms with E-state index in [1.165, 1.54) is 15.5 Å². The number of carbonyl (C=O) groups excluding carboxylic acids is 1. The van der Waals surface area contributed by atoms with Crippen molar-refractivity contribution in [1.82, 2.24) is 24.6 Å². The van der Waals surface area contributed by atoms with E-state index in [4.69, 9.17) is 16.3 Å². The second kappa shape index (κ2) is 11.4. The SMILES string of the molecule is CN(C)CCOc1ccccc1CN(C)C(=O)c1cc(-c2n[nH]c(=O)n2-c2ccccc2Cl)c(O)cc1O. The molecule has 3 N–H and O–H groups in total. The van der Waals surface area contributed by atoms with E-state index < -0.39 is 17.3 Å². The molecule has 0 aliphatic heterocycles. The Labute approximate surface area is 224 Å². The molecule has 0 bridgehead atoms. The summed E-state index contributed by atoms with van der Waals surface area (Å²) in [7, 11) is 5.51. The number of aromatic nitrogens is 3. The van der Waals surface area contributed by atoms with Crippen molar-refractivity contribution in [2.24, 2.45) is 0 Å². The van der Waals surface area contributed by atoms with Gasteiger partial charge in [0.1, 0.15) is 23.9 Å². The highest BCUT2D eigenvalue weighted by atomic mass is 35.5. The minimum atomic E-state index is -0.587. The Kier molecular flexibility index (Phi) is 8.04. The summed E-state index contributed by atoms with van der Waals surface area (Å²) in [6, 6.07) is 16.4. The first-order valence-electron chi connectivity index (χ1n) is 11.8. The minimum absolute atomic E-state index is 0.0249. The molecule has 198 valence electrons. The van der Waals surface area contributed by atoms with Gasteiger partial charge >= 0.3 is 5.69 Å². The fourth-order valence-electron chi connectivity index (χ4n) is 3.91. The highest BCUT2D eigenvalue weighted by molar-refractivity contribution is 6.32. The highest BCUT2D eigenvalue weighted by Gasteiger charge is 2.24. The molecule has 1 heterocycles. The fraction of sp³-hybridized carbons (Fsp3) is 0.222. The summed E-state index contributed by atoms with van der Waals surface area (Å²) in [5.74, 6) is -0.606. The number of phenolic OH excluding ortho intramolecular Hbond substituents is 2. The molecule has 0 saturated carbocycles. The van der Waals surface area contributed by atoms with Crippen LogP contribution in [0, 0.1) is 0 Å². The van der Waals surface area contributed by atoms with Gasteiger partial charge in [0.15, 0.2) is 5.82 Å². The van der Waals surface area contributed by atoms with Crippen LogP contribution in [-0.4, -0.2) is 75.0 Å². The van der Waals surface area contributed by atoms with Gasteiger partial charge in [-0.05, 0) is 38.4 Å². The van der Waals surface area contributed by atoms with E-state index in [9.17, 15) is 19.8 Å². The summed E-state index contributed by atoms with van der Waals surface area (Å²) < 4.78 is 7.09. The number of benzene rings is 3. The minimum Gasteiger partial charge on any atom is -0.507 e. The third-order valence-electron chi connectivity index (χ3n) is 5.87. The van der Waals surface area contributed by atoms with Crippen LogP contribution in [0.25, 0.3) is 17.1 Å². The molecule has 4 aromatic rings. The first kappa shape index (κ1) is 26.8. The maximum atomic E-state index is 13.4. The lowest BCUT2D eigenvalue weighted by Gasteiger charge is -2.21. The van der Waals surface area contributed by atoms with Crippen molar-refractivity contribution in [3.05, 3.63) is 87.3 Å². The van der Waals surface area contributed by atoms with Gasteiger partial charge in [-0.25, -0.2) is 14.5 Å². The van der Waals surface area contributed by atoms with Crippen LogP contribution in [0.3, 0.4) is 0 Å². The molecule has 0 aliphatic carbocycles. The van der Waals surface area contributed by atoms with Crippen LogP contribution < -0.4 is 10.4 Å². The summed E-state index contributed by atoms with van der Waals surface area (Å²) in [4.78, 5) is 29.4. The number of hydrogen-bond acceptors (Lipinski definition) is 7. The lowest BCUT2D eigenvalue weighted by Crippen LogP contribution is -2.27. The van der Waals surface area contributed by atoms with Crippen molar-refractivity contribution in [1.29, 1.82) is 0 Å². The highest BCUT2D eigenvalue weighted by Crippen LogP contribution is 2.36. The molecule has 11 heteroatoms. The Morgan fingerprint density at radius 2 is 1.76 bits per heavy atom. The van der Waals surface area contributed by atoms with Gasteiger partial charge in [0.2, 0.25) is 0 Å². The predicted octanol–water partition coefficient (Wildman–Crippen LogP) is 3.50. The average molecular weight is 538 g/mol. The van der Waals surface area contributed by atoms with E-state index in [0.29, 0.717) is 18.0 Å². The van der Waals surface area contributed by atoms with E-state index in [2.05, 4.69) is 10.2 Å². The van der Waals surface area contributed by atoms with Gasteiger partial charge in [0, 0.05) is 31.8 Å². The summed E-state index contributed by atoms with van der Waals surface area (Å²) in [6.45, 7) is 1.43. The number of para-hydroxylation sites is 2. The third-order valence-corrected chi connectivity index (χ3v) is 6.19. The van der Waals surface area contributed by atoms with E-state index in [-0.39, 0.29) is 34.3 Å². The monoisotopic (exact) mass is 537 g/mol. The molecule has 3 aromatic carbocycles. The Hall–Kier alpha value is -4.28. The van der Waals surface area contributed by atoms with Crippen molar-refractivity contribution in [2.45, 2.75) is 6.54 Å². The number of amides is 1. The first-order valence-corrected chi connectivity index (χ1v) is 12.1. The molecular formula is C27H28ClN5O5. The standard InChI is InChI=1S/C27H28ClN5O5/c1-31(2)12-13-38-24-11-7-4-8-17(24)16-32(3)26(36)19-14-18(22(34)15-23(19)35)25-29-30-27(37)33(25)21-10-6-5-9-20(21)28/h4-11,14-15,34-35H,12-13,16H2,1-3H3,(H,30,37). The van der Waals surface area contributed by atoms with Crippen LogP contribution in [0.5, 0.6) is 17.2 Å². The smallest absolute Gasteiger partial charge is 0.348 e. The Morgan fingerprint density at radius 3 is 2.50 bits per heavy atom. The summed E-state index contributed by atoms with van der Waals surface area (Å²) in [5.41, 5.74) is 0.529. The van der Waals surface area contributed by atoms with Crippen LogP contribution in [0.15, 0.2) is 65.5 Å². The molecular weight excluding hydrogens is 510 g/mol. The number of likely N-dealkylation sites (N-methyl/N-ethyl adjacent to an activating group) is 1. The second-order valence-corrected chi connectivity index (χ2v) is 9.35. The molecule has 0 atom stereocenters. The van der Waals surface area contributed by atoms with Crippen molar-refractivity contribution < 1.29 is 19.7 Å². The van der Waals surface area contributed by atoms with Gasteiger partial charge in [-0.3, -0.25) is 4.79 Å². The van der Waals surface area contributed by atoms with Gasteiger partial charge in [0.05, 0.1) is 21.8 Å². The number of carbonyl (C=O) groups is 1. The summed E-state index contributed by atoms with van der Waals surface area (Å²) >= 11 is 6.29. The molecule has 1 aromatic heterocycles. The number of phenols is 2. The van der Waals surface area contributed by atoms with Crippen LogP contribution >= 0.6 is 11.6 Å². The van der Waals surface area contributed by atoms with Gasteiger partial charge in [-0.1, -0.05) is 41.9 Å². The molecule has 4 rings (SSSR count). The molecule has 0 fully saturated rings. The third kappa shape index (κ3) is 5.66. The summed E-state index contributed by atoms with van der Waals surface area (Å²) in [5, 5.41) is 27.9. The van der Waals surface area contributed by atoms with Crippen LogP contribution in [0.1, 0.15) is 15.9 Å². The quantitative estimate of drug-likeness (QED) is 0.298. The predicted molar refractivity (Wildman–Crippen MR) is 144 cm³/mol. The van der Waals surface area contributed by atoms with E-state index in [0.717, 1.165) is 18.2 Å². The lowest BCUT2D eigenvalue weighted by molar-refractivity contribution is 0.0781. The average Bonchev–Trinajstić information content (AvgIpc) is 3.25. The van der Waals surface area contributed by atoms with Crippen LogP contribution in [0.2, 0.25) is 5.02 Å². The normalized spacial score (nSPS) is 11.1. The fourth-order valence-corrected chi connectivity index (χ4v) is 4.13. The Morgan fingerprint density at radius 1 is 1.05 bits per heavy atom. The maximum Gasteiger partial charge on any atom is 0.348 e. The Bertz CT molecular complexity index is 1510. The van der Waals surface area contributed by atoms with Crippen molar-refractivity contribution in [2.75, 3.05) is 34.3 Å². The van der Waals surface area contributed by atoms with Crippen molar-refractivity contribution in [3.8, 4) is 34.3 Å². The van der Waals surface area contributed by atoms with E-state index in [1.54, 1.807) is 31.3 Å². The summed E-state index contributed by atoms with van der Waals surface area (Å²) in [6.07, 6.45) is 0. The number of rotatable bonds is 9. The van der Waals surface area contributed by atoms with Crippen molar-refractivity contribution in [3.63, 3.8) is 0 Å². The zero-order valence-corrected chi connectivity index (χ0v) is 21.9. The maximum absolute atomic E-state index is 13.4. The number of halogens is 1. The number of ether oxygens (including phenoxy) is 1. The number of aromatic amines is 1. The molecule has 0 saturated heterocycles. The van der Waals surface area contributed by atoms with E-state index >= 15 is 0 Å². The number of nitrogens with one attached hydrogen (secondary N) is 1. The van der Waals surface area contributed by atoms with Crippen LogP contribution in [0.4, 0.5) is 0 Å². The zero-order valence-electron chi connectivity index (χ0n) is 21.2. The van der Waals surface area contributed by atoms with Crippen LogP contribution in [-0.2, 0) is 6.54 Å². The molecule has 0 unspecified atom stereocenters. The number of aromatic hydroxyl groups is 2. The molecule has 1 amide bonds. The van der Waals surface area contributed by atoms with Crippen molar-refractivity contribution >= 4 is 17.5 Å². The topological polar surface area (TPSA) is 124 Å². The molecule has 0 spiro atoms. The number of nitrogens with zero attached hydrogens (tertiary/aromatic N) is 4. The number of hydrogen-bond donors (Lipinski definition) is 3. The van der Waals surface area contributed by atoms with E-state index in [1.807, 2.05) is 43.3 Å². The van der Waals surface area contributed by atoms with Gasteiger partial charge in [-0.2, -0.15) is 5.10 Å². The molecule has 10 nitrogen and oxygen atoms in total. The number of H-pyrrole nitrogens is 1. The zero-order chi connectivity index (χ0) is 27.4. The molecule has 0 radical (unpaired) electrons. The Balaban J connectivity index is 1.65. The lowest BCUT2D eigenvalue weighted by atomic mass is 10.1.